The fraction of sp³-hybridized carbons (Fsp3) is 0.308. The summed E-state index contributed by atoms with van der Waals surface area (Å²) in [4.78, 5) is 7.19. The second-order valence-electron chi connectivity index (χ2n) is 4.22. The molecule has 0 saturated heterocycles. The van der Waals surface area contributed by atoms with Crippen LogP contribution in [0.3, 0.4) is 0 Å². The van der Waals surface area contributed by atoms with Crippen LogP contribution in [0.2, 0.25) is 0 Å². The molecule has 0 saturated carbocycles. The molecular formula is C13H16BrN3. The first-order chi connectivity index (χ1) is 8.11. The van der Waals surface area contributed by atoms with Crippen molar-refractivity contribution in [3.8, 4) is 11.3 Å². The summed E-state index contributed by atoms with van der Waals surface area (Å²) in [6, 6.07) is 8.48. The second-order valence-corrected chi connectivity index (χ2v) is 5.01. The Labute approximate surface area is 110 Å². The molecule has 0 aliphatic heterocycles. The summed E-state index contributed by atoms with van der Waals surface area (Å²) in [5.41, 5.74) is 8.90. The minimum atomic E-state index is 0.429. The Bertz CT molecular complexity index is 502. The van der Waals surface area contributed by atoms with Crippen LogP contribution >= 0.6 is 15.9 Å². The van der Waals surface area contributed by atoms with E-state index >= 15 is 0 Å². The molecule has 90 valence electrons. The van der Waals surface area contributed by atoms with Crippen molar-refractivity contribution in [2.45, 2.75) is 26.2 Å². The van der Waals surface area contributed by atoms with Crippen molar-refractivity contribution in [1.82, 2.24) is 9.97 Å². The zero-order chi connectivity index (χ0) is 12.4. The molecule has 4 heteroatoms. The lowest BCUT2D eigenvalue weighted by Gasteiger charge is -2.09. The van der Waals surface area contributed by atoms with Gasteiger partial charge in [-0.2, -0.15) is 0 Å². The van der Waals surface area contributed by atoms with Gasteiger partial charge in [-0.05, 0) is 33.8 Å². The molecule has 0 amide bonds. The van der Waals surface area contributed by atoms with Gasteiger partial charge in [0, 0.05) is 5.56 Å². The number of halogens is 1. The first-order valence-electron chi connectivity index (χ1n) is 5.73. The molecule has 2 aromatic rings. The van der Waals surface area contributed by atoms with Crippen LogP contribution in [-0.4, -0.2) is 9.97 Å². The number of imidazole rings is 1. The minimum Gasteiger partial charge on any atom is -0.369 e. The van der Waals surface area contributed by atoms with Crippen molar-refractivity contribution >= 4 is 21.9 Å². The third-order valence-electron chi connectivity index (χ3n) is 3.04. The molecule has 1 aromatic heterocycles. The quantitative estimate of drug-likeness (QED) is 0.901. The van der Waals surface area contributed by atoms with Gasteiger partial charge in [0.25, 0.3) is 0 Å². The zero-order valence-corrected chi connectivity index (χ0v) is 11.6. The number of benzene rings is 1. The van der Waals surface area contributed by atoms with E-state index in [1.54, 1.807) is 0 Å². The van der Waals surface area contributed by atoms with Gasteiger partial charge in [0.05, 0.1) is 0 Å². The van der Waals surface area contributed by atoms with Crippen molar-refractivity contribution < 1.29 is 0 Å². The molecule has 0 fully saturated rings. The molecule has 0 radical (unpaired) electrons. The van der Waals surface area contributed by atoms with Crippen LogP contribution in [0.1, 0.15) is 31.7 Å². The molecule has 3 nitrogen and oxygen atoms in total. The third kappa shape index (κ3) is 2.52. The molecule has 0 bridgehead atoms. The number of anilines is 1. The van der Waals surface area contributed by atoms with Gasteiger partial charge in [-0.25, -0.2) is 4.98 Å². The molecule has 0 aliphatic rings. The Kier molecular flexibility index (Phi) is 3.52. The van der Waals surface area contributed by atoms with Crippen LogP contribution in [0.4, 0.5) is 5.95 Å². The number of rotatable bonds is 3. The third-order valence-corrected chi connectivity index (χ3v) is 3.62. The van der Waals surface area contributed by atoms with E-state index in [0.717, 1.165) is 22.3 Å². The van der Waals surface area contributed by atoms with Crippen molar-refractivity contribution in [1.29, 1.82) is 0 Å². The smallest absolute Gasteiger partial charge is 0.198 e. The van der Waals surface area contributed by atoms with E-state index in [2.05, 4.69) is 64.0 Å². The Morgan fingerprint density at radius 2 is 2.00 bits per heavy atom. The van der Waals surface area contributed by atoms with Gasteiger partial charge in [-0.15, -0.1) is 0 Å². The average Bonchev–Trinajstić information content (AvgIpc) is 2.68. The highest BCUT2D eigenvalue weighted by molar-refractivity contribution is 9.10. The number of nitrogens with two attached hydrogens (primary N) is 1. The standard InChI is InChI=1S/C13H16BrN3/c1-3-8(2)9-4-6-10(7-5-9)11-12(14)17-13(15)16-11/h4-8H,3H2,1-2H3,(H3,15,16,17). The minimum absolute atomic E-state index is 0.429. The fourth-order valence-corrected chi connectivity index (χ4v) is 2.29. The number of aromatic amines is 1. The van der Waals surface area contributed by atoms with Crippen molar-refractivity contribution in [3.63, 3.8) is 0 Å². The summed E-state index contributed by atoms with van der Waals surface area (Å²) < 4.78 is 0.825. The van der Waals surface area contributed by atoms with Gasteiger partial charge in [0.2, 0.25) is 0 Å². The van der Waals surface area contributed by atoms with Crippen LogP contribution < -0.4 is 5.73 Å². The SMILES string of the molecule is CCC(C)c1ccc(-c2nc(N)[nH]c2Br)cc1. The van der Waals surface area contributed by atoms with Gasteiger partial charge < -0.3 is 10.7 Å². The van der Waals surface area contributed by atoms with Crippen LogP contribution in [0.15, 0.2) is 28.9 Å². The summed E-state index contributed by atoms with van der Waals surface area (Å²) in [6.07, 6.45) is 1.15. The van der Waals surface area contributed by atoms with Gasteiger partial charge in [-0.3, -0.25) is 0 Å². The lowest BCUT2D eigenvalue weighted by atomic mass is 9.97. The van der Waals surface area contributed by atoms with E-state index < -0.39 is 0 Å². The highest BCUT2D eigenvalue weighted by Gasteiger charge is 2.09. The summed E-state index contributed by atoms with van der Waals surface area (Å²) in [5.74, 6) is 1.02. The Morgan fingerprint density at radius 3 is 2.47 bits per heavy atom. The molecule has 2 rings (SSSR count). The fourth-order valence-electron chi connectivity index (χ4n) is 1.77. The first kappa shape index (κ1) is 12.2. The van der Waals surface area contributed by atoms with E-state index in [4.69, 9.17) is 5.73 Å². The lowest BCUT2D eigenvalue weighted by Crippen LogP contribution is -1.91. The van der Waals surface area contributed by atoms with Crippen molar-refractivity contribution in [3.05, 3.63) is 34.4 Å². The molecule has 0 aliphatic carbocycles. The van der Waals surface area contributed by atoms with Crippen molar-refractivity contribution in [2.24, 2.45) is 0 Å². The molecule has 0 spiro atoms. The predicted molar refractivity (Wildman–Crippen MR) is 74.8 cm³/mol. The van der Waals surface area contributed by atoms with E-state index in [-0.39, 0.29) is 0 Å². The zero-order valence-electron chi connectivity index (χ0n) is 10.00. The Balaban J connectivity index is 2.32. The van der Waals surface area contributed by atoms with Gasteiger partial charge in [-0.1, -0.05) is 38.1 Å². The number of nitrogen functional groups attached to an aromatic ring is 1. The molecule has 1 unspecified atom stereocenters. The number of hydrogen-bond donors (Lipinski definition) is 2. The average molecular weight is 294 g/mol. The van der Waals surface area contributed by atoms with Crippen LogP contribution in [-0.2, 0) is 0 Å². The molecule has 1 atom stereocenters. The number of nitrogens with one attached hydrogen (secondary N) is 1. The maximum absolute atomic E-state index is 5.62. The van der Waals surface area contributed by atoms with Gasteiger partial charge in [0.15, 0.2) is 5.95 Å². The summed E-state index contributed by atoms with van der Waals surface area (Å²) >= 11 is 3.42. The van der Waals surface area contributed by atoms with Crippen LogP contribution in [0, 0.1) is 0 Å². The van der Waals surface area contributed by atoms with E-state index in [0.29, 0.717) is 11.9 Å². The van der Waals surface area contributed by atoms with Crippen molar-refractivity contribution in [2.75, 3.05) is 5.73 Å². The summed E-state index contributed by atoms with van der Waals surface area (Å²) in [7, 11) is 0. The lowest BCUT2D eigenvalue weighted by molar-refractivity contribution is 0.734. The predicted octanol–water partition coefficient (Wildman–Crippen LogP) is 3.93. The topological polar surface area (TPSA) is 54.7 Å². The number of hydrogen-bond acceptors (Lipinski definition) is 2. The molecule has 1 heterocycles. The molecule has 17 heavy (non-hydrogen) atoms. The maximum Gasteiger partial charge on any atom is 0.198 e. The largest absolute Gasteiger partial charge is 0.369 e. The van der Waals surface area contributed by atoms with Gasteiger partial charge >= 0.3 is 0 Å². The summed E-state index contributed by atoms with van der Waals surface area (Å²) in [5, 5.41) is 0. The first-order valence-corrected chi connectivity index (χ1v) is 6.52. The van der Waals surface area contributed by atoms with E-state index in [1.165, 1.54) is 5.56 Å². The maximum atomic E-state index is 5.62. The second kappa shape index (κ2) is 4.92. The highest BCUT2D eigenvalue weighted by atomic mass is 79.9. The van der Waals surface area contributed by atoms with Gasteiger partial charge in [0.1, 0.15) is 10.3 Å². The normalized spacial score (nSPS) is 12.6. The number of nitrogens with zero attached hydrogens (tertiary/aromatic N) is 1. The monoisotopic (exact) mass is 293 g/mol. The Morgan fingerprint density at radius 1 is 1.35 bits per heavy atom. The van der Waals surface area contributed by atoms with Crippen LogP contribution in [0.5, 0.6) is 0 Å². The molecule has 1 aromatic carbocycles. The van der Waals surface area contributed by atoms with E-state index in [9.17, 15) is 0 Å². The van der Waals surface area contributed by atoms with Crippen LogP contribution in [0.25, 0.3) is 11.3 Å². The summed E-state index contributed by atoms with van der Waals surface area (Å²) in [6.45, 7) is 4.43. The highest BCUT2D eigenvalue weighted by Crippen LogP contribution is 2.28. The molecular weight excluding hydrogens is 278 g/mol. The molecule has 3 N–H and O–H groups in total. The Hall–Kier alpha value is -1.29. The number of aromatic nitrogens is 2. The number of H-pyrrole nitrogens is 1. The van der Waals surface area contributed by atoms with E-state index in [1.807, 2.05) is 0 Å².